The van der Waals surface area contributed by atoms with Crippen LogP contribution < -0.4 is 11.1 Å². The van der Waals surface area contributed by atoms with E-state index in [1.165, 1.54) is 37.0 Å². The Morgan fingerprint density at radius 3 is 2.56 bits per heavy atom. The zero-order valence-electron chi connectivity index (χ0n) is 11.4. The monoisotopic (exact) mass is 266 g/mol. The molecule has 18 heavy (non-hydrogen) atoms. The van der Waals surface area contributed by atoms with Gasteiger partial charge in [0.1, 0.15) is 0 Å². The summed E-state index contributed by atoms with van der Waals surface area (Å²) in [6, 6.07) is 2.41. The topological polar surface area (TPSA) is 55.1 Å². The highest BCUT2D eigenvalue weighted by atomic mass is 32.1. The molecule has 0 unspecified atom stereocenters. The number of Topliss-reactive ketones (excluding diaryl/α,β-unsaturated/α-hetero) is 1. The van der Waals surface area contributed by atoms with Crippen LogP contribution in [0.2, 0.25) is 0 Å². The van der Waals surface area contributed by atoms with E-state index in [1.807, 2.05) is 6.07 Å². The van der Waals surface area contributed by atoms with Gasteiger partial charge in [-0.3, -0.25) is 4.79 Å². The highest BCUT2D eigenvalue weighted by Gasteiger charge is 2.27. The van der Waals surface area contributed by atoms with E-state index in [1.54, 1.807) is 6.92 Å². The van der Waals surface area contributed by atoms with Crippen LogP contribution in [-0.4, -0.2) is 11.8 Å². The summed E-state index contributed by atoms with van der Waals surface area (Å²) >= 11 is 1.48. The third-order valence-electron chi connectivity index (χ3n) is 3.77. The highest BCUT2D eigenvalue weighted by molar-refractivity contribution is 7.18. The molecule has 1 aromatic rings. The molecule has 100 valence electrons. The molecule has 0 radical (unpaired) electrons. The maximum atomic E-state index is 11.4. The summed E-state index contributed by atoms with van der Waals surface area (Å²) in [5.41, 5.74) is 6.93. The average Bonchev–Trinajstić information content (AvgIpc) is 2.63. The highest BCUT2D eigenvalue weighted by Crippen LogP contribution is 2.37. The maximum absolute atomic E-state index is 11.4. The zero-order valence-corrected chi connectivity index (χ0v) is 12.2. The van der Waals surface area contributed by atoms with Gasteiger partial charge in [0.05, 0.1) is 15.6 Å². The number of nitrogens with two attached hydrogens (primary N) is 1. The summed E-state index contributed by atoms with van der Waals surface area (Å²) in [6.45, 7) is 6.23. The lowest BCUT2D eigenvalue weighted by molar-refractivity contribution is 0.102. The van der Waals surface area contributed by atoms with Crippen molar-refractivity contribution >= 4 is 27.8 Å². The van der Waals surface area contributed by atoms with Crippen LogP contribution in [0.5, 0.6) is 0 Å². The lowest BCUT2D eigenvalue weighted by Gasteiger charge is -2.34. The summed E-state index contributed by atoms with van der Waals surface area (Å²) in [4.78, 5) is 12.0. The summed E-state index contributed by atoms with van der Waals surface area (Å²) in [5, 5.41) is 4.55. The number of hydrogen-bond donors (Lipinski definition) is 2. The van der Waals surface area contributed by atoms with Gasteiger partial charge < -0.3 is 11.1 Å². The number of nitrogen functional groups attached to an aromatic ring is 1. The average molecular weight is 266 g/mol. The van der Waals surface area contributed by atoms with E-state index in [2.05, 4.69) is 19.2 Å². The van der Waals surface area contributed by atoms with Gasteiger partial charge in [0.25, 0.3) is 0 Å². The number of carbonyl (C=O) groups excluding carboxylic acids is 1. The molecule has 0 bridgehead atoms. The van der Waals surface area contributed by atoms with Gasteiger partial charge in [0.2, 0.25) is 0 Å². The van der Waals surface area contributed by atoms with Crippen LogP contribution in [-0.2, 0) is 0 Å². The van der Waals surface area contributed by atoms with Gasteiger partial charge in [-0.1, -0.05) is 13.8 Å². The number of rotatable bonds is 3. The van der Waals surface area contributed by atoms with E-state index in [0.29, 0.717) is 22.0 Å². The van der Waals surface area contributed by atoms with E-state index in [9.17, 15) is 4.79 Å². The number of anilines is 2. The molecule has 0 spiro atoms. The van der Waals surface area contributed by atoms with Crippen LogP contribution in [0.15, 0.2) is 6.07 Å². The van der Waals surface area contributed by atoms with Crippen LogP contribution in [0.3, 0.4) is 0 Å². The molecule has 1 heterocycles. The number of thiophene rings is 1. The Kier molecular flexibility index (Phi) is 3.66. The molecule has 4 heteroatoms. The van der Waals surface area contributed by atoms with Gasteiger partial charge in [-0.05, 0) is 37.2 Å². The second-order valence-electron chi connectivity index (χ2n) is 6.03. The van der Waals surface area contributed by atoms with Crippen molar-refractivity contribution in [1.29, 1.82) is 0 Å². The minimum absolute atomic E-state index is 0.0512. The van der Waals surface area contributed by atoms with Gasteiger partial charge in [0.15, 0.2) is 5.78 Å². The third-order valence-corrected chi connectivity index (χ3v) is 4.95. The second kappa shape index (κ2) is 4.92. The molecule has 0 saturated heterocycles. The largest absolute Gasteiger partial charge is 0.397 e. The zero-order chi connectivity index (χ0) is 13.3. The van der Waals surface area contributed by atoms with Crippen molar-refractivity contribution in [2.24, 2.45) is 5.41 Å². The Hall–Kier alpha value is -1.03. The number of ketones is 1. The van der Waals surface area contributed by atoms with Crippen LogP contribution in [0.1, 0.15) is 56.1 Å². The first-order chi connectivity index (χ1) is 8.37. The SMILES string of the molecule is CC(=O)c1sc(NC2CCC(C)(C)CC2)cc1N. The summed E-state index contributed by atoms with van der Waals surface area (Å²) in [7, 11) is 0. The van der Waals surface area contributed by atoms with Crippen molar-refractivity contribution < 1.29 is 4.79 Å². The van der Waals surface area contributed by atoms with Crippen molar-refractivity contribution in [2.45, 2.75) is 52.5 Å². The fourth-order valence-electron chi connectivity index (χ4n) is 2.50. The van der Waals surface area contributed by atoms with Crippen molar-refractivity contribution in [3.8, 4) is 0 Å². The molecule has 1 fully saturated rings. The number of hydrogen-bond acceptors (Lipinski definition) is 4. The molecule has 3 N–H and O–H groups in total. The van der Waals surface area contributed by atoms with Gasteiger partial charge >= 0.3 is 0 Å². The molecular weight excluding hydrogens is 244 g/mol. The maximum Gasteiger partial charge on any atom is 0.171 e. The van der Waals surface area contributed by atoms with E-state index in [4.69, 9.17) is 5.73 Å². The molecule has 1 aliphatic carbocycles. The van der Waals surface area contributed by atoms with Crippen molar-refractivity contribution in [3.05, 3.63) is 10.9 Å². The first kappa shape index (κ1) is 13.4. The smallest absolute Gasteiger partial charge is 0.171 e. The van der Waals surface area contributed by atoms with Crippen LogP contribution in [0, 0.1) is 5.41 Å². The summed E-state index contributed by atoms with van der Waals surface area (Å²) in [5.74, 6) is 0.0512. The molecule has 1 aliphatic rings. The van der Waals surface area contributed by atoms with Gasteiger partial charge in [-0.15, -0.1) is 11.3 Å². The number of carbonyl (C=O) groups is 1. The summed E-state index contributed by atoms with van der Waals surface area (Å²) < 4.78 is 0. The molecule has 1 aromatic heterocycles. The minimum atomic E-state index is 0.0512. The number of nitrogens with one attached hydrogen (secondary N) is 1. The van der Waals surface area contributed by atoms with Gasteiger partial charge in [-0.2, -0.15) is 0 Å². The molecule has 0 amide bonds. The predicted octanol–water partition coefficient (Wildman–Crippen LogP) is 3.91. The Morgan fingerprint density at radius 2 is 2.06 bits per heavy atom. The van der Waals surface area contributed by atoms with Crippen molar-refractivity contribution in [3.63, 3.8) is 0 Å². The molecule has 1 saturated carbocycles. The van der Waals surface area contributed by atoms with Crippen LogP contribution in [0.4, 0.5) is 10.7 Å². The fourth-order valence-corrected chi connectivity index (χ4v) is 3.45. The first-order valence-electron chi connectivity index (χ1n) is 6.54. The Morgan fingerprint density at radius 1 is 1.44 bits per heavy atom. The molecule has 2 rings (SSSR count). The third kappa shape index (κ3) is 3.05. The molecule has 0 atom stereocenters. The lowest BCUT2D eigenvalue weighted by Crippen LogP contribution is -2.29. The van der Waals surface area contributed by atoms with Crippen molar-refractivity contribution in [1.82, 2.24) is 0 Å². The molecule has 3 nitrogen and oxygen atoms in total. The summed E-state index contributed by atoms with van der Waals surface area (Å²) in [6.07, 6.45) is 4.90. The van der Waals surface area contributed by atoms with E-state index < -0.39 is 0 Å². The fraction of sp³-hybridized carbons (Fsp3) is 0.643. The quantitative estimate of drug-likeness (QED) is 0.815. The Bertz CT molecular complexity index is 441. The lowest BCUT2D eigenvalue weighted by atomic mass is 9.76. The minimum Gasteiger partial charge on any atom is -0.397 e. The van der Waals surface area contributed by atoms with E-state index in [-0.39, 0.29) is 5.78 Å². The Labute approximate surface area is 113 Å². The van der Waals surface area contributed by atoms with E-state index >= 15 is 0 Å². The predicted molar refractivity (Wildman–Crippen MR) is 78.4 cm³/mol. The van der Waals surface area contributed by atoms with Crippen LogP contribution in [0.25, 0.3) is 0 Å². The molecule has 0 aliphatic heterocycles. The van der Waals surface area contributed by atoms with Crippen molar-refractivity contribution in [2.75, 3.05) is 11.1 Å². The molecule has 0 aromatic carbocycles. The second-order valence-corrected chi connectivity index (χ2v) is 7.09. The first-order valence-corrected chi connectivity index (χ1v) is 7.36. The molecular formula is C14H22N2OS. The normalized spacial score (nSPS) is 19.7. The standard InChI is InChI=1S/C14H22N2OS/c1-9(17)13-11(15)8-12(18-13)16-10-4-6-14(2,3)7-5-10/h8,10,16H,4-7,15H2,1-3H3. The Balaban J connectivity index is 1.98. The van der Waals surface area contributed by atoms with E-state index in [0.717, 1.165) is 5.00 Å². The van der Waals surface area contributed by atoms with Gasteiger partial charge in [0, 0.05) is 13.0 Å². The van der Waals surface area contributed by atoms with Gasteiger partial charge in [-0.25, -0.2) is 0 Å². The van der Waals surface area contributed by atoms with Crippen LogP contribution >= 0.6 is 11.3 Å².